The average molecular weight is 326 g/mol. The van der Waals surface area contributed by atoms with Gasteiger partial charge in [0.05, 0.1) is 24.7 Å². The number of pyridine rings is 2. The summed E-state index contributed by atoms with van der Waals surface area (Å²) in [6, 6.07) is 5.16. The van der Waals surface area contributed by atoms with E-state index in [1.54, 1.807) is 30.3 Å². The van der Waals surface area contributed by atoms with E-state index in [-0.39, 0.29) is 6.03 Å². The third kappa shape index (κ3) is 3.12. The highest BCUT2D eigenvalue weighted by atomic mass is 16.5. The standard InChI is InChI=1S/C16H18N6O2/c1-10-13-7-12(9-18-14(13)22(2)21-10)20-16(23)19-8-11-5-4-6-17-15(11)24-3/h4-7,9H,8H2,1-3H3,(H2,19,20,23). The molecule has 24 heavy (non-hydrogen) atoms. The lowest BCUT2D eigenvalue weighted by atomic mass is 10.2. The number of hydrogen-bond acceptors (Lipinski definition) is 5. The molecule has 3 aromatic rings. The van der Waals surface area contributed by atoms with E-state index >= 15 is 0 Å². The van der Waals surface area contributed by atoms with Crippen molar-refractivity contribution in [1.82, 2.24) is 25.1 Å². The molecular formula is C16H18N6O2. The molecule has 0 spiro atoms. The molecule has 0 aliphatic rings. The minimum absolute atomic E-state index is 0.310. The molecule has 0 saturated carbocycles. The first-order valence-corrected chi connectivity index (χ1v) is 7.40. The van der Waals surface area contributed by atoms with Crippen LogP contribution in [0.5, 0.6) is 5.88 Å². The van der Waals surface area contributed by atoms with Gasteiger partial charge in [0, 0.05) is 30.7 Å². The predicted octanol–water partition coefficient (Wildman–Crippen LogP) is 2.00. The molecule has 3 heterocycles. The van der Waals surface area contributed by atoms with Crippen molar-refractivity contribution in [1.29, 1.82) is 0 Å². The maximum absolute atomic E-state index is 12.1. The number of aromatic nitrogens is 4. The average Bonchev–Trinajstić information content (AvgIpc) is 2.87. The van der Waals surface area contributed by atoms with Crippen LogP contribution in [0.4, 0.5) is 10.5 Å². The SMILES string of the molecule is COc1ncccc1CNC(=O)Nc1cnc2c(c1)c(C)nn2C. The molecule has 0 unspecified atom stereocenters. The molecule has 0 aliphatic carbocycles. The number of rotatable bonds is 4. The smallest absolute Gasteiger partial charge is 0.319 e. The van der Waals surface area contributed by atoms with Crippen LogP contribution in [0, 0.1) is 6.92 Å². The van der Waals surface area contributed by atoms with Crippen LogP contribution in [0.3, 0.4) is 0 Å². The summed E-state index contributed by atoms with van der Waals surface area (Å²) < 4.78 is 6.87. The minimum Gasteiger partial charge on any atom is -0.481 e. The monoisotopic (exact) mass is 326 g/mol. The van der Waals surface area contributed by atoms with Gasteiger partial charge in [-0.3, -0.25) is 4.68 Å². The number of carbonyl (C=O) groups is 1. The zero-order valence-electron chi connectivity index (χ0n) is 13.7. The maximum Gasteiger partial charge on any atom is 0.319 e. The van der Waals surface area contributed by atoms with Crippen LogP contribution in [0.2, 0.25) is 0 Å². The van der Waals surface area contributed by atoms with Crippen molar-refractivity contribution in [3.05, 3.63) is 41.9 Å². The number of urea groups is 1. The van der Waals surface area contributed by atoms with Crippen LogP contribution < -0.4 is 15.4 Å². The predicted molar refractivity (Wildman–Crippen MR) is 89.9 cm³/mol. The van der Waals surface area contributed by atoms with E-state index in [1.165, 1.54) is 0 Å². The Morgan fingerprint density at radius 3 is 3.00 bits per heavy atom. The minimum atomic E-state index is -0.330. The van der Waals surface area contributed by atoms with Gasteiger partial charge in [0.1, 0.15) is 0 Å². The van der Waals surface area contributed by atoms with Gasteiger partial charge in [-0.15, -0.1) is 0 Å². The fourth-order valence-corrected chi connectivity index (χ4v) is 2.47. The molecule has 0 fully saturated rings. The molecule has 2 N–H and O–H groups in total. The molecule has 124 valence electrons. The van der Waals surface area contributed by atoms with Crippen molar-refractivity contribution in [2.45, 2.75) is 13.5 Å². The van der Waals surface area contributed by atoms with Crippen LogP contribution in [0.1, 0.15) is 11.3 Å². The second-order valence-electron chi connectivity index (χ2n) is 5.28. The molecular weight excluding hydrogens is 308 g/mol. The van der Waals surface area contributed by atoms with Gasteiger partial charge in [-0.25, -0.2) is 14.8 Å². The lowest BCUT2D eigenvalue weighted by molar-refractivity contribution is 0.251. The van der Waals surface area contributed by atoms with Gasteiger partial charge in [-0.05, 0) is 19.1 Å². The third-order valence-electron chi connectivity index (χ3n) is 3.60. The van der Waals surface area contributed by atoms with Crippen molar-refractivity contribution in [3.63, 3.8) is 0 Å². The Hall–Kier alpha value is -3.16. The van der Waals surface area contributed by atoms with E-state index < -0.39 is 0 Å². The van der Waals surface area contributed by atoms with E-state index in [9.17, 15) is 4.79 Å². The Labute approximate surface area is 138 Å². The van der Waals surface area contributed by atoms with Gasteiger partial charge in [0.25, 0.3) is 0 Å². The van der Waals surface area contributed by atoms with Crippen LogP contribution in [-0.4, -0.2) is 32.9 Å². The van der Waals surface area contributed by atoms with E-state index in [4.69, 9.17) is 4.74 Å². The van der Waals surface area contributed by atoms with E-state index in [0.717, 1.165) is 22.3 Å². The summed E-state index contributed by atoms with van der Waals surface area (Å²) in [5.74, 6) is 0.492. The van der Waals surface area contributed by atoms with Crippen molar-refractivity contribution in [2.24, 2.45) is 7.05 Å². The van der Waals surface area contributed by atoms with Gasteiger partial charge in [0.2, 0.25) is 5.88 Å². The topological polar surface area (TPSA) is 94.0 Å². The van der Waals surface area contributed by atoms with Gasteiger partial charge < -0.3 is 15.4 Å². The van der Waals surface area contributed by atoms with Gasteiger partial charge in [-0.2, -0.15) is 5.10 Å². The highest BCUT2D eigenvalue weighted by molar-refractivity contribution is 5.92. The summed E-state index contributed by atoms with van der Waals surface area (Å²) >= 11 is 0. The molecule has 0 saturated heterocycles. The number of methoxy groups -OCH3 is 1. The molecule has 0 bridgehead atoms. The second-order valence-corrected chi connectivity index (χ2v) is 5.28. The normalized spacial score (nSPS) is 10.6. The molecule has 3 aromatic heterocycles. The van der Waals surface area contributed by atoms with Gasteiger partial charge in [0.15, 0.2) is 5.65 Å². The highest BCUT2D eigenvalue weighted by Crippen LogP contribution is 2.19. The van der Waals surface area contributed by atoms with Gasteiger partial charge in [-0.1, -0.05) is 6.07 Å². The van der Waals surface area contributed by atoms with E-state index in [0.29, 0.717) is 18.1 Å². The zero-order valence-corrected chi connectivity index (χ0v) is 13.7. The zero-order chi connectivity index (χ0) is 17.1. The molecule has 0 atom stereocenters. The first-order chi connectivity index (χ1) is 11.6. The van der Waals surface area contributed by atoms with Crippen LogP contribution in [0.15, 0.2) is 30.6 Å². The highest BCUT2D eigenvalue weighted by Gasteiger charge is 2.10. The number of aryl methyl sites for hydroxylation is 2. The summed E-state index contributed by atoms with van der Waals surface area (Å²) in [5, 5.41) is 10.8. The van der Waals surface area contributed by atoms with Crippen molar-refractivity contribution >= 4 is 22.8 Å². The van der Waals surface area contributed by atoms with Crippen molar-refractivity contribution in [2.75, 3.05) is 12.4 Å². The number of fused-ring (bicyclic) bond motifs is 1. The number of hydrogen-bond donors (Lipinski definition) is 2. The molecule has 2 amide bonds. The Bertz CT molecular complexity index is 889. The summed E-state index contributed by atoms with van der Waals surface area (Å²) in [6.45, 7) is 2.22. The Balaban J connectivity index is 1.67. The largest absolute Gasteiger partial charge is 0.481 e. The Kier molecular flexibility index (Phi) is 4.28. The maximum atomic E-state index is 12.1. The van der Waals surface area contributed by atoms with Crippen LogP contribution in [0.25, 0.3) is 11.0 Å². The Morgan fingerprint density at radius 2 is 2.21 bits per heavy atom. The third-order valence-corrected chi connectivity index (χ3v) is 3.60. The number of nitrogens with zero attached hydrogens (tertiary/aromatic N) is 4. The molecule has 0 radical (unpaired) electrons. The summed E-state index contributed by atoms with van der Waals surface area (Å²) in [4.78, 5) is 20.5. The van der Waals surface area contributed by atoms with E-state index in [1.807, 2.05) is 26.1 Å². The first-order valence-electron chi connectivity index (χ1n) is 7.40. The van der Waals surface area contributed by atoms with E-state index in [2.05, 4.69) is 25.7 Å². The number of amides is 2. The quantitative estimate of drug-likeness (QED) is 0.765. The Morgan fingerprint density at radius 1 is 1.38 bits per heavy atom. The number of carbonyl (C=O) groups excluding carboxylic acids is 1. The summed E-state index contributed by atoms with van der Waals surface area (Å²) in [6.07, 6.45) is 3.24. The number of nitrogens with one attached hydrogen (secondary N) is 2. The molecule has 8 heteroatoms. The molecule has 0 aliphatic heterocycles. The van der Waals surface area contributed by atoms with Crippen molar-refractivity contribution in [3.8, 4) is 5.88 Å². The lowest BCUT2D eigenvalue weighted by Crippen LogP contribution is -2.28. The summed E-state index contributed by atoms with van der Waals surface area (Å²) in [7, 11) is 3.38. The van der Waals surface area contributed by atoms with Crippen molar-refractivity contribution < 1.29 is 9.53 Å². The fraction of sp³-hybridized carbons (Fsp3) is 0.250. The van der Waals surface area contributed by atoms with Gasteiger partial charge >= 0.3 is 6.03 Å². The number of anilines is 1. The summed E-state index contributed by atoms with van der Waals surface area (Å²) in [5.41, 5.74) is 3.05. The first kappa shape index (κ1) is 15.7. The molecule has 3 rings (SSSR count). The fourth-order valence-electron chi connectivity index (χ4n) is 2.47. The lowest BCUT2D eigenvalue weighted by Gasteiger charge is -2.09. The second kappa shape index (κ2) is 6.53. The molecule has 0 aromatic carbocycles. The van der Waals surface area contributed by atoms with Crippen LogP contribution >= 0.6 is 0 Å². The molecule has 8 nitrogen and oxygen atoms in total. The van der Waals surface area contributed by atoms with Crippen LogP contribution in [-0.2, 0) is 13.6 Å². The number of ether oxygens (including phenoxy) is 1.